The molecule has 1 aliphatic carbocycles. The molecule has 4 heteroatoms. The number of ether oxygens (including phenoxy) is 1. The van der Waals surface area contributed by atoms with E-state index < -0.39 is 0 Å². The van der Waals surface area contributed by atoms with Crippen molar-refractivity contribution in [2.45, 2.75) is 25.2 Å². The predicted octanol–water partition coefficient (Wildman–Crippen LogP) is 2.17. The van der Waals surface area contributed by atoms with Crippen LogP contribution >= 0.6 is 0 Å². The molecule has 0 spiro atoms. The van der Waals surface area contributed by atoms with Crippen LogP contribution in [0.3, 0.4) is 0 Å². The van der Waals surface area contributed by atoms with Gasteiger partial charge < -0.3 is 15.8 Å². The summed E-state index contributed by atoms with van der Waals surface area (Å²) >= 11 is 0. The summed E-state index contributed by atoms with van der Waals surface area (Å²) in [5, 5.41) is 3.07. The summed E-state index contributed by atoms with van der Waals surface area (Å²) in [5.41, 5.74) is 8.45. The minimum atomic E-state index is 0.462. The molecule has 3 N–H and O–H groups in total. The van der Waals surface area contributed by atoms with Crippen molar-refractivity contribution >= 4 is 11.5 Å². The predicted molar refractivity (Wildman–Crippen MR) is 77.2 cm³/mol. The van der Waals surface area contributed by atoms with Crippen LogP contribution in [0.1, 0.15) is 30.7 Å². The number of nitrogens with one attached hydrogen (secondary N) is 1. The van der Waals surface area contributed by atoms with Crippen LogP contribution < -0.4 is 15.8 Å². The van der Waals surface area contributed by atoms with Gasteiger partial charge in [-0.3, -0.25) is 0 Å². The van der Waals surface area contributed by atoms with Crippen molar-refractivity contribution in [1.29, 1.82) is 0 Å². The quantitative estimate of drug-likeness (QED) is 0.815. The van der Waals surface area contributed by atoms with E-state index in [1.807, 2.05) is 13.1 Å². The highest BCUT2D eigenvalue weighted by molar-refractivity contribution is 5.89. The molecular weight excluding hydrogens is 238 g/mol. The highest BCUT2D eigenvalue weighted by Gasteiger charge is 2.35. The summed E-state index contributed by atoms with van der Waals surface area (Å²) in [4.78, 5) is 4.58. The van der Waals surface area contributed by atoms with Gasteiger partial charge in [0.2, 0.25) is 0 Å². The molecule has 1 heterocycles. The minimum Gasteiger partial charge on any atom is -0.492 e. The van der Waals surface area contributed by atoms with Crippen molar-refractivity contribution in [3.8, 4) is 5.75 Å². The molecule has 2 atom stereocenters. The smallest absolute Gasteiger partial charge is 0.121 e. The van der Waals surface area contributed by atoms with Gasteiger partial charge in [-0.2, -0.15) is 0 Å². The van der Waals surface area contributed by atoms with Crippen LogP contribution in [0.15, 0.2) is 23.2 Å². The second-order valence-corrected chi connectivity index (χ2v) is 5.35. The van der Waals surface area contributed by atoms with Gasteiger partial charge in [-0.25, -0.2) is 4.99 Å². The summed E-state index contributed by atoms with van der Waals surface area (Å²) in [5.74, 6) is 2.71. The summed E-state index contributed by atoms with van der Waals surface area (Å²) in [6.07, 6.45) is 3.67. The summed E-state index contributed by atoms with van der Waals surface area (Å²) in [7, 11) is 1.92. The highest BCUT2D eigenvalue weighted by atomic mass is 16.5. The lowest BCUT2D eigenvalue weighted by atomic mass is 9.85. The Morgan fingerprint density at radius 2 is 2.21 bits per heavy atom. The molecule has 1 aromatic rings. The lowest BCUT2D eigenvalue weighted by Crippen LogP contribution is -2.28. The van der Waals surface area contributed by atoms with Gasteiger partial charge in [0.1, 0.15) is 18.2 Å². The zero-order chi connectivity index (χ0) is 13.2. The van der Waals surface area contributed by atoms with Crippen molar-refractivity contribution in [1.82, 2.24) is 5.32 Å². The maximum atomic E-state index is 6.11. The van der Waals surface area contributed by atoms with Crippen molar-refractivity contribution < 1.29 is 4.74 Å². The van der Waals surface area contributed by atoms with Crippen molar-refractivity contribution in [3.63, 3.8) is 0 Å². The molecule has 1 fully saturated rings. The van der Waals surface area contributed by atoms with E-state index in [-0.39, 0.29) is 0 Å². The van der Waals surface area contributed by atoms with Crippen LogP contribution in [0.4, 0.5) is 5.69 Å². The number of hydrogen-bond acceptors (Lipinski definition) is 4. The number of benzene rings is 1. The number of nitrogens with two attached hydrogens (primary N) is 1. The standard InChI is InChI=1S/C15H21N3O/c1-17-7-8-19-10-5-6-12-11-3-2-4-13(11)15(16)18-14(12)9-10/h5-6,9,11,13,17H,2-4,7-8H2,1H3,(H2,16,18)/t11-,13-/m1/s1. The van der Waals surface area contributed by atoms with Gasteiger partial charge in [-0.05, 0) is 37.4 Å². The third-order valence-electron chi connectivity index (χ3n) is 4.17. The van der Waals surface area contributed by atoms with Gasteiger partial charge in [-0.15, -0.1) is 0 Å². The third-order valence-corrected chi connectivity index (χ3v) is 4.17. The molecule has 0 aromatic heterocycles. The van der Waals surface area contributed by atoms with Gasteiger partial charge in [0, 0.05) is 18.5 Å². The molecule has 0 amide bonds. The molecule has 1 aliphatic heterocycles. The molecule has 2 aliphatic rings. The molecule has 0 unspecified atom stereocenters. The van der Waals surface area contributed by atoms with Crippen molar-refractivity contribution in [2.75, 3.05) is 20.2 Å². The minimum absolute atomic E-state index is 0.462. The Hall–Kier alpha value is -1.55. The highest BCUT2D eigenvalue weighted by Crippen LogP contribution is 2.47. The molecule has 0 radical (unpaired) electrons. The number of likely N-dealkylation sites (N-methyl/N-ethyl adjacent to an activating group) is 1. The maximum Gasteiger partial charge on any atom is 0.121 e. The molecular formula is C15H21N3O. The zero-order valence-corrected chi connectivity index (χ0v) is 11.4. The van der Waals surface area contributed by atoms with Crippen LogP contribution in [0.25, 0.3) is 0 Å². The number of nitrogens with zero attached hydrogens (tertiary/aromatic N) is 1. The number of rotatable bonds is 4. The summed E-state index contributed by atoms with van der Waals surface area (Å²) in [6.45, 7) is 1.51. The average molecular weight is 259 g/mol. The van der Waals surface area contributed by atoms with E-state index in [4.69, 9.17) is 10.5 Å². The normalized spacial score (nSPS) is 24.6. The summed E-state index contributed by atoms with van der Waals surface area (Å²) < 4.78 is 5.69. The number of hydrogen-bond donors (Lipinski definition) is 2. The fraction of sp³-hybridized carbons (Fsp3) is 0.533. The largest absolute Gasteiger partial charge is 0.492 e. The molecule has 4 nitrogen and oxygen atoms in total. The number of fused-ring (bicyclic) bond motifs is 3. The van der Waals surface area contributed by atoms with Gasteiger partial charge >= 0.3 is 0 Å². The lowest BCUT2D eigenvalue weighted by Gasteiger charge is -2.26. The SMILES string of the molecule is CNCCOc1ccc2c(c1)N=C(N)[C@@H]1CCC[C@H]21. The lowest BCUT2D eigenvalue weighted by molar-refractivity contribution is 0.318. The van der Waals surface area contributed by atoms with Crippen LogP contribution in [-0.4, -0.2) is 26.0 Å². The maximum absolute atomic E-state index is 6.11. The Morgan fingerprint density at radius 3 is 3.05 bits per heavy atom. The van der Waals surface area contributed by atoms with E-state index in [0.717, 1.165) is 23.8 Å². The molecule has 3 rings (SSSR count). The second-order valence-electron chi connectivity index (χ2n) is 5.35. The van der Waals surface area contributed by atoms with E-state index in [1.54, 1.807) is 0 Å². The average Bonchev–Trinajstić information content (AvgIpc) is 2.89. The summed E-state index contributed by atoms with van der Waals surface area (Å²) in [6, 6.07) is 6.25. The molecule has 0 saturated heterocycles. The van der Waals surface area contributed by atoms with Gasteiger partial charge in [0.05, 0.1) is 5.69 Å². The first kappa shape index (κ1) is 12.5. The first-order valence-electron chi connectivity index (χ1n) is 7.05. The molecule has 19 heavy (non-hydrogen) atoms. The van der Waals surface area contributed by atoms with Crippen LogP contribution in [0.5, 0.6) is 5.75 Å². The third kappa shape index (κ3) is 2.32. The van der Waals surface area contributed by atoms with E-state index in [1.165, 1.54) is 24.8 Å². The van der Waals surface area contributed by atoms with Gasteiger partial charge in [-0.1, -0.05) is 12.5 Å². The molecule has 102 valence electrons. The Bertz CT molecular complexity index is 498. The molecule has 0 bridgehead atoms. The van der Waals surface area contributed by atoms with Gasteiger partial charge in [0.25, 0.3) is 0 Å². The first-order valence-corrected chi connectivity index (χ1v) is 7.05. The Labute approximate surface area is 114 Å². The van der Waals surface area contributed by atoms with Crippen molar-refractivity contribution in [3.05, 3.63) is 23.8 Å². The van der Waals surface area contributed by atoms with E-state index >= 15 is 0 Å². The van der Waals surface area contributed by atoms with Crippen LogP contribution in [0, 0.1) is 5.92 Å². The monoisotopic (exact) mass is 259 g/mol. The first-order chi connectivity index (χ1) is 9.29. The number of aliphatic imine (C=N–C) groups is 1. The fourth-order valence-electron chi connectivity index (χ4n) is 3.20. The Kier molecular flexibility index (Phi) is 3.42. The molecule has 1 saturated carbocycles. The second kappa shape index (κ2) is 5.21. The topological polar surface area (TPSA) is 59.6 Å². The van der Waals surface area contributed by atoms with Crippen LogP contribution in [0.2, 0.25) is 0 Å². The zero-order valence-electron chi connectivity index (χ0n) is 11.4. The van der Waals surface area contributed by atoms with E-state index in [0.29, 0.717) is 18.4 Å². The van der Waals surface area contributed by atoms with E-state index in [2.05, 4.69) is 22.4 Å². The Morgan fingerprint density at radius 1 is 1.37 bits per heavy atom. The fourth-order valence-corrected chi connectivity index (χ4v) is 3.20. The Balaban J connectivity index is 1.84. The van der Waals surface area contributed by atoms with Crippen molar-refractivity contribution in [2.24, 2.45) is 16.6 Å². The molecule has 1 aromatic carbocycles. The van der Waals surface area contributed by atoms with Crippen LogP contribution in [-0.2, 0) is 0 Å². The van der Waals surface area contributed by atoms with E-state index in [9.17, 15) is 0 Å². The van der Waals surface area contributed by atoms with Gasteiger partial charge in [0.15, 0.2) is 0 Å². The number of amidine groups is 1.